The van der Waals surface area contributed by atoms with E-state index < -0.39 is 0 Å². The van der Waals surface area contributed by atoms with Gasteiger partial charge in [-0.05, 0) is 47.9 Å². The summed E-state index contributed by atoms with van der Waals surface area (Å²) in [7, 11) is 0. The van der Waals surface area contributed by atoms with Crippen molar-refractivity contribution in [3.8, 4) is 5.69 Å². The van der Waals surface area contributed by atoms with Crippen molar-refractivity contribution >= 4 is 5.69 Å². The zero-order chi connectivity index (χ0) is 13.4. The highest BCUT2D eigenvalue weighted by Gasteiger charge is 2.34. The third-order valence-electron chi connectivity index (χ3n) is 4.47. The molecule has 0 aliphatic carbocycles. The Hall–Kier alpha value is -1.95. The van der Waals surface area contributed by atoms with Crippen LogP contribution in [0.15, 0.2) is 30.6 Å². The lowest BCUT2D eigenvalue weighted by Gasteiger charge is -2.32. The monoisotopic (exact) mass is 270 g/mol. The van der Waals surface area contributed by atoms with Gasteiger partial charge in [-0.2, -0.15) is 4.68 Å². The number of hydrogen-bond acceptors (Lipinski definition) is 5. The Morgan fingerprint density at radius 3 is 2.95 bits per heavy atom. The molecule has 2 saturated heterocycles. The Kier molecular flexibility index (Phi) is 2.88. The van der Waals surface area contributed by atoms with E-state index >= 15 is 0 Å². The number of nitrogens with zero attached hydrogens (tertiary/aromatic N) is 5. The summed E-state index contributed by atoms with van der Waals surface area (Å²) in [6.07, 6.45) is 4.16. The van der Waals surface area contributed by atoms with E-state index in [1.807, 2.05) is 12.1 Å². The molecule has 4 rings (SSSR count). The first-order valence-electron chi connectivity index (χ1n) is 7.21. The first kappa shape index (κ1) is 11.8. The van der Waals surface area contributed by atoms with Gasteiger partial charge in [0.1, 0.15) is 6.33 Å². The van der Waals surface area contributed by atoms with Gasteiger partial charge in [0.15, 0.2) is 0 Å². The minimum atomic E-state index is 0.561. The van der Waals surface area contributed by atoms with Crippen LogP contribution in [0.4, 0.5) is 5.69 Å². The quantitative estimate of drug-likeness (QED) is 0.907. The molecule has 2 aliphatic heterocycles. The molecule has 1 aromatic heterocycles. The van der Waals surface area contributed by atoms with Gasteiger partial charge in [0, 0.05) is 19.1 Å². The van der Waals surface area contributed by atoms with Crippen LogP contribution in [0.1, 0.15) is 12.8 Å². The molecule has 1 aromatic carbocycles. The predicted molar refractivity (Wildman–Crippen MR) is 75.7 cm³/mol. The summed E-state index contributed by atoms with van der Waals surface area (Å²) in [4.78, 5) is 2.57. The number of benzene rings is 1. The largest absolute Gasteiger partial charge is 0.380 e. The van der Waals surface area contributed by atoms with Crippen molar-refractivity contribution in [1.82, 2.24) is 25.1 Å². The van der Waals surface area contributed by atoms with Gasteiger partial charge >= 0.3 is 0 Å². The highest BCUT2D eigenvalue weighted by Crippen LogP contribution is 2.30. The molecule has 3 heterocycles. The van der Waals surface area contributed by atoms with Crippen molar-refractivity contribution in [3.05, 3.63) is 30.6 Å². The Morgan fingerprint density at radius 2 is 2.05 bits per heavy atom. The van der Waals surface area contributed by atoms with E-state index in [1.165, 1.54) is 32.5 Å². The molecule has 6 nitrogen and oxygen atoms in total. The minimum absolute atomic E-state index is 0.561. The molecule has 3 atom stereocenters. The average molecular weight is 270 g/mol. The van der Waals surface area contributed by atoms with Crippen LogP contribution < -0.4 is 5.32 Å². The standard InChI is InChI=1S/C14H18N6/c1-2-4-14(20-10-15-17-18-20)13(3-1)16-12-6-8-19-7-5-11(12)9-19/h1-4,10-12,16H,5-9H2. The van der Waals surface area contributed by atoms with E-state index in [9.17, 15) is 0 Å². The summed E-state index contributed by atoms with van der Waals surface area (Å²) in [5.74, 6) is 0.769. The van der Waals surface area contributed by atoms with Gasteiger partial charge in [-0.15, -0.1) is 5.10 Å². The third-order valence-corrected chi connectivity index (χ3v) is 4.47. The van der Waals surface area contributed by atoms with Gasteiger partial charge in [-0.25, -0.2) is 0 Å². The van der Waals surface area contributed by atoms with E-state index in [2.05, 4.69) is 37.9 Å². The Labute approximate surface area is 117 Å². The number of hydrogen-bond donors (Lipinski definition) is 1. The number of anilines is 1. The Balaban J connectivity index is 1.60. The maximum atomic E-state index is 3.99. The second kappa shape index (κ2) is 4.86. The van der Waals surface area contributed by atoms with E-state index in [0.29, 0.717) is 6.04 Å². The number of aromatic nitrogens is 4. The molecular weight excluding hydrogens is 252 g/mol. The fourth-order valence-corrected chi connectivity index (χ4v) is 3.41. The average Bonchev–Trinajstić information content (AvgIpc) is 3.13. The van der Waals surface area contributed by atoms with Crippen LogP contribution in [0.2, 0.25) is 0 Å². The molecule has 0 amide bonds. The molecule has 2 aliphatic rings. The zero-order valence-electron chi connectivity index (χ0n) is 11.3. The van der Waals surface area contributed by atoms with Crippen LogP contribution >= 0.6 is 0 Å². The van der Waals surface area contributed by atoms with Gasteiger partial charge < -0.3 is 10.2 Å². The van der Waals surface area contributed by atoms with Crippen molar-refractivity contribution in [1.29, 1.82) is 0 Å². The second-order valence-corrected chi connectivity index (χ2v) is 5.66. The lowest BCUT2D eigenvalue weighted by atomic mass is 9.94. The molecule has 1 N–H and O–H groups in total. The van der Waals surface area contributed by atoms with Gasteiger partial charge in [-0.1, -0.05) is 12.1 Å². The van der Waals surface area contributed by atoms with Crippen LogP contribution in [0.5, 0.6) is 0 Å². The van der Waals surface area contributed by atoms with Crippen LogP contribution in [-0.2, 0) is 0 Å². The summed E-state index contributed by atoms with van der Waals surface area (Å²) < 4.78 is 1.71. The molecule has 0 spiro atoms. The molecule has 2 bridgehead atoms. The first-order chi connectivity index (χ1) is 9.90. The summed E-state index contributed by atoms with van der Waals surface area (Å²) >= 11 is 0. The molecular formula is C14H18N6. The number of tetrazole rings is 1. The van der Waals surface area contributed by atoms with E-state index in [1.54, 1.807) is 11.0 Å². The van der Waals surface area contributed by atoms with Crippen LogP contribution in [0, 0.1) is 5.92 Å². The van der Waals surface area contributed by atoms with Gasteiger partial charge in [-0.3, -0.25) is 0 Å². The second-order valence-electron chi connectivity index (χ2n) is 5.66. The number of para-hydroxylation sites is 2. The van der Waals surface area contributed by atoms with Crippen LogP contribution in [0.3, 0.4) is 0 Å². The number of rotatable bonds is 3. The lowest BCUT2D eigenvalue weighted by Crippen LogP contribution is -2.39. The summed E-state index contributed by atoms with van der Waals surface area (Å²) in [5.41, 5.74) is 2.13. The topological polar surface area (TPSA) is 58.9 Å². The van der Waals surface area contributed by atoms with Gasteiger partial charge in [0.05, 0.1) is 11.4 Å². The van der Waals surface area contributed by atoms with E-state index in [0.717, 1.165) is 17.3 Å². The minimum Gasteiger partial charge on any atom is -0.380 e. The molecule has 3 unspecified atom stereocenters. The number of nitrogens with one attached hydrogen (secondary N) is 1. The van der Waals surface area contributed by atoms with E-state index in [4.69, 9.17) is 0 Å². The SMILES string of the molecule is c1ccc(-n2cnnn2)c(NC2CCN3CCC2C3)c1. The summed E-state index contributed by atoms with van der Waals surface area (Å²) in [6.45, 7) is 3.71. The smallest absolute Gasteiger partial charge is 0.143 e. The number of fused-ring (bicyclic) bond motifs is 2. The molecule has 2 aromatic rings. The maximum absolute atomic E-state index is 3.99. The molecule has 104 valence electrons. The highest BCUT2D eigenvalue weighted by molar-refractivity contribution is 5.61. The van der Waals surface area contributed by atoms with Crippen molar-refractivity contribution < 1.29 is 0 Å². The van der Waals surface area contributed by atoms with Crippen LogP contribution in [0.25, 0.3) is 5.69 Å². The van der Waals surface area contributed by atoms with Crippen LogP contribution in [-0.4, -0.2) is 50.8 Å². The van der Waals surface area contributed by atoms with E-state index in [-0.39, 0.29) is 0 Å². The summed E-state index contributed by atoms with van der Waals surface area (Å²) in [6, 6.07) is 8.78. The highest BCUT2D eigenvalue weighted by atomic mass is 15.5. The van der Waals surface area contributed by atoms with Gasteiger partial charge in [0.2, 0.25) is 0 Å². The lowest BCUT2D eigenvalue weighted by molar-refractivity contribution is 0.255. The first-order valence-corrected chi connectivity index (χ1v) is 7.21. The summed E-state index contributed by atoms with van der Waals surface area (Å²) in [5, 5.41) is 15.2. The Morgan fingerprint density at radius 1 is 1.15 bits per heavy atom. The molecule has 20 heavy (non-hydrogen) atoms. The van der Waals surface area contributed by atoms with Gasteiger partial charge in [0.25, 0.3) is 0 Å². The van der Waals surface area contributed by atoms with Crippen molar-refractivity contribution in [3.63, 3.8) is 0 Å². The predicted octanol–water partition coefficient (Wildman–Crippen LogP) is 1.17. The van der Waals surface area contributed by atoms with Crippen molar-refractivity contribution in [2.24, 2.45) is 5.92 Å². The van der Waals surface area contributed by atoms with Crippen molar-refractivity contribution in [2.75, 3.05) is 25.0 Å². The fourth-order valence-electron chi connectivity index (χ4n) is 3.41. The van der Waals surface area contributed by atoms with Crippen molar-refractivity contribution in [2.45, 2.75) is 18.9 Å². The number of piperidine rings is 1. The fraction of sp³-hybridized carbons (Fsp3) is 0.500. The third kappa shape index (κ3) is 2.06. The molecule has 0 radical (unpaired) electrons. The Bertz CT molecular complexity index is 581. The molecule has 6 heteroatoms. The zero-order valence-corrected chi connectivity index (χ0v) is 11.3. The maximum Gasteiger partial charge on any atom is 0.143 e. The molecule has 0 saturated carbocycles. The normalized spacial score (nSPS) is 28.5. The molecule has 2 fully saturated rings.